The number of aliphatic hydroxyl groups is 5. The number of ether oxygens (including phenoxy) is 2. The highest BCUT2D eigenvalue weighted by molar-refractivity contribution is 5.76. The SMILES string of the molecule is CCCCCCCCCCCCC/C=C/CCCC[C@@H](O)[C@H](CO[C@H]1O[C@@H](CO)[C@H](O)C(O)C1O)NC(=O)CCCCCCCCCCCCCCCCCCC. The lowest BCUT2D eigenvalue weighted by atomic mass is 9.99. The van der Waals surface area contributed by atoms with Crippen molar-refractivity contribution in [2.45, 2.75) is 275 Å². The highest BCUT2D eigenvalue weighted by Crippen LogP contribution is 2.23. The van der Waals surface area contributed by atoms with E-state index in [0.717, 1.165) is 44.9 Å². The van der Waals surface area contributed by atoms with E-state index in [1.165, 1.54) is 161 Å². The van der Waals surface area contributed by atoms with Crippen molar-refractivity contribution in [3.8, 4) is 0 Å². The Morgan fingerprint density at radius 3 is 1.42 bits per heavy atom. The Labute approximate surface area is 350 Å². The molecule has 0 radical (unpaired) electrons. The van der Waals surface area contributed by atoms with Crippen molar-refractivity contribution in [2.24, 2.45) is 0 Å². The molecule has 1 fully saturated rings. The first kappa shape index (κ1) is 53.9. The summed E-state index contributed by atoms with van der Waals surface area (Å²) in [5.41, 5.74) is 0. The maximum atomic E-state index is 13.0. The molecule has 0 aromatic rings. The summed E-state index contributed by atoms with van der Waals surface area (Å²) < 4.78 is 11.3. The van der Waals surface area contributed by atoms with Gasteiger partial charge in [-0.25, -0.2) is 0 Å². The summed E-state index contributed by atoms with van der Waals surface area (Å²) in [4.78, 5) is 13.0. The van der Waals surface area contributed by atoms with E-state index in [1.54, 1.807) is 0 Å². The van der Waals surface area contributed by atoms with Gasteiger partial charge in [-0.1, -0.05) is 199 Å². The quantitative estimate of drug-likeness (QED) is 0.0264. The monoisotopic (exact) mass is 812 g/mol. The summed E-state index contributed by atoms with van der Waals surface area (Å²) in [5, 5.41) is 54.4. The van der Waals surface area contributed by atoms with Crippen molar-refractivity contribution >= 4 is 5.91 Å². The highest BCUT2D eigenvalue weighted by Gasteiger charge is 2.44. The van der Waals surface area contributed by atoms with Gasteiger partial charge in [-0.05, 0) is 38.5 Å². The first-order valence-electron chi connectivity index (χ1n) is 24.4. The van der Waals surface area contributed by atoms with Crippen LogP contribution in [-0.2, 0) is 14.3 Å². The third-order valence-electron chi connectivity index (χ3n) is 11.9. The van der Waals surface area contributed by atoms with Gasteiger partial charge in [-0.15, -0.1) is 0 Å². The number of nitrogens with one attached hydrogen (secondary N) is 1. The van der Waals surface area contributed by atoms with Gasteiger partial charge in [0.2, 0.25) is 5.91 Å². The summed E-state index contributed by atoms with van der Waals surface area (Å²) in [6.07, 6.45) is 37.9. The lowest BCUT2D eigenvalue weighted by Crippen LogP contribution is -2.60. The molecule has 338 valence electrons. The van der Waals surface area contributed by atoms with Crippen LogP contribution in [0, 0.1) is 0 Å². The molecule has 0 saturated carbocycles. The van der Waals surface area contributed by atoms with Crippen molar-refractivity contribution in [3.05, 3.63) is 12.2 Å². The fourth-order valence-electron chi connectivity index (χ4n) is 7.92. The molecule has 0 bridgehead atoms. The molecule has 1 aliphatic heterocycles. The average Bonchev–Trinajstić information content (AvgIpc) is 3.21. The van der Waals surface area contributed by atoms with E-state index < -0.39 is 49.5 Å². The average molecular weight is 812 g/mol. The number of carbonyl (C=O) groups is 1. The number of rotatable bonds is 41. The third-order valence-corrected chi connectivity index (χ3v) is 11.9. The Morgan fingerprint density at radius 1 is 0.579 bits per heavy atom. The van der Waals surface area contributed by atoms with E-state index in [-0.39, 0.29) is 12.5 Å². The van der Waals surface area contributed by atoms with Crippen LogP contribution in [0.5, 0.6) is 0 Å². The topological polar surface area (TPSA) is 149 Å². The molecule has 7 atom stereocenters. The third kappa shape index (κ3) is 29.7. The molecular formula is C48H93NO8. The van der Waals surface area contributed by atoms with Crippen molar-refractivity contribution in [3.63, 3.8) is 0 Å². The van der Waals surface area contributed by atoms with Crippen LogP contribution in [0.3, 0.4) is 0 Å². The smallest absolute Gasteiger partial charge is 0.220 e. The molecule has 1 rings (SSSR count). The van der Waals surface area contributed by atoms with E-state index in [4.69, 9.17) is 9.47 Å². The van der Waals surface area contributed by atoms with Crippen molar-refractivity contribution in [1.29, 1.82) is 0 Å². The minimum absolute atomic E-state index is 0.145. The van der Waals surface area contributed by atoms with Crippen LogP contribution in [0.15, 0.2) is 12.2 Å². The molecule has 0 spiro atoms. The minimum Gasteiger partial charge on any atom is -0.394 e. The normalized spacial score (nSPS) is 21.0. The second-order valence-electron chi connectivity index (χ2n) is 17.3. The van der Waals surface area contributed by atoms with E-state index in [9.17, 15) is 30.3 Å². The Bertz CT molecular complexity index is 904. The van der Waals surface area contributed by atoms with Gasteiger partial charge in [0.25, 0.3) is 0 Å². The maximum absolute atomic E-state index is 13.0. The predicted molar refractivity (Wildman–Crippen MR) is 235 cm³/mol. The molecule has 2 unspecified atom stereocenters. The summed E-state index contributed by atoms with van der Waals surface area (Å²) in [6, 6.07) is -0.729. The number of hydrogen-bond donors (Lipinski definition) is 6. The van der Waals surface area contributed by atoms with Gasteiger partial charge < -0.3 is 40.3 Å². The summed E-state index contributed by atoms with van der Waals surface area (Å²) >= 11 is 0. The van der Waals surface area contributed by atoms with Crippen LogP contribution in [0.4, 0.5) is 0 Å². The van der Waals surface area contributed by atoms with Crippen LogP contribution < -0.4 is 5.32 Å². The number of amides is 1. The molecular weight excluding hydrogens is 719 g/mol. The van der Waals surface area contributed by atoms with Gasteiger partial charge in [0, 0.05) is 6.42 Å². The van der Waals surface area contributed by atoms with E-state index in [1.807, 2.05) is 0 Å². The fourth-order valence-corrected chi connectivity index (χ4v) is 7.92. The Morgan fingerprint density at radius 2 is 0.982 bits per heavy atom. The van der Waals surface area contributed by atoms with Gasteiger partial charge in [-0.2, -0.15) is 0 Å². The van der Waals surface area contributed by atoms with Crippen LogP contribution in [0.25, 0.3) is 0 Å². The number of hydrogen-bond acceptors (Lipinski definition) is 8. The summed E-state index contributed by atoms with van der Waals surface area (Å²) in [7, 11) is 0. The molecule has 6 N–H and O–H groups in total. The van der Waals surface area contributed by atoms with E-state index >= 15 is 0 Å². The Hall–Kier alpha value is -1.07. The minimum atomic E-state index is -1.55. The molecule has 9 heteroatoms. The number of aliphatic hydroxyl groups excluding tert-OH is 5. The lowest BCUT2D eigenvalue weighted by Gasteiger charge is -2.40. The zero-order valence-corrected chi connectivity index (χ0v) is 37.1. The van der Waals surface area contributed by atoms with E-state index in [2.05, 4.69) is 31.3 Å². The number of allylic oxidation sites excluding steroid dienone is 2. The predicted octanol–water partition coefficient (Wildman–Crippen LogP) is 10.5. The van der Waals surface area contributed by atoms with Gasteiger partial charge in [0.05, 0.1) is 25.4 Å². The second kappa shape index (κ2) is 39.1. The fraction of sp³-hybridized carbons (Fsp3) is 0.938. The van der Waals surface area contributed by atoms with Crippen molar-refractivity contribution < 1.29 is 39.8 Å². The molecule has 0 aliphatic carbocycles. The second-order valence-corrected chi connectivity index (χ2v) is 17.3. The molecule has 1 heterocycles. The maximum Gasteiger partial charge on any atom is 0.220 e. The molecule has 0 aromatic heterocycles. The van der Waals surface area contributed by atoms with Crippen LogP contribution in [0.2, 0.25) is 0 Å². The zero-order valence-electron chi connectivity index (χ0n) is 37.1. The van der Waals surface area contributed by atoms with E-state index in [0.29, 0.717) is 12.8 Å². The number of unbranched alkanes of at least 4 members (excludes halogenated alkanes) is 29. The van der Waals surface area contributed by atoms with Crippen LogP contribution in [0.1, 0.15) is 232 Å². The van der Waals surface area contributed by atoms with Gasteiger partial charge in [-0.3, -0.25) is 4.79 Å². The number of carbonyl (C=O) groups excluding carboxylic acids is 1. The highest BCUT2D eigenvalue weighted by atomic mass is 16.7. The molecule has 1 aliphatic rings. The van der Waals surface area contributed by atoms with Gasteiger partial charge in [0.15, 0.2) is 6.29 Å². The van der Waals surface area contributed by atoms with Gasteiger partial charge >= 0.3 is 0 Å². The molecule has 1 amide bonds. The summed E-state index contributed by atoms with van der Waals surface area (Å²) in [6.45, 7) is 3.84. The zero-order chi connectivity index (χ0) is 41.6. The lowest BCUT2D eigenvalue weighted by molar-refractivity contribution is -0.302. The standard InChI is InChI=1S/C48H93NO8/c1-3-5-7-9-11-13-15-17-19-21-23-25-27-29-31-33-35-37-42(51)41(40-56-48-47(55)46(54)45(53)43(39-50)57-48)49-44(52)38-36-34-32-30-28-26-24-22-20-18-16-14-12-10-8-6-4-2/h27,29,41-43,45-48,50-51,53-55H,3-26,28,30-40H2,1-2H3,(H,49,52)/b29-27+/t41-,42+,43-,45-,46?,47?,48-/m0/s1. The van der Waals surface area contributed by atoms with Crippen LogP contribution in [-0.4, -0.2) is 87.5 Å². The molecule has 0 aromatic carbocycles. The first-order valence-corrected chi connectivity index (χ1v) is 24.4. The molecule has 57 heavy (non-hydrogen) atoms. The van der Waals surface area contributed by atoms with Crippen LogP contribution >= 0.6 is 0 Å². The largest absolute Gasteiger partial charge is 0.394 e. The molecule has 9 nitrogen and oxygen atoms in total. The van der Waals surface area contributed by atoms with Crippen molar-refractivity contribution in [2.75, 3.05) is 13.2 Å². The van der Waals surface area contributed by atoms with Crippen molar-refractivity contribution in [1.82, 2.24) is 5.32 Å². The Balaban J connectivity index is 2.31. The summed E-state index contributed by atoms with van der Waals surface area (Å²) in [5.74, 6) is -0.150. The first-order chi connectivity index (χ1) is 27.8. The van der Waals surface area contributed by atoms with Gasteiger partial charge in [0.1, 0.15) is 24.4 Å². The Kier molecular flexibility index (Phi) is 37.0. The molecule has 1 saturated heterocycles.